The van der Waals surface area contributed by atoms with Gasteiger partial charge in [0.1, 0.15) is 29.7 Å². The zero-order valence-electron chi connectivity index (χ0n) is 15.5. The Morgan fingerprint density at radius 1 is 1.07 bits per heavy atom. The molecule has 146 valence electrons. The van der Waals surface area contributed by atoms with Crippen LogP contribution in [0.1, 0.15) is 32.5 Å². The maximum absolute atomic E-state index is 14.2. The van der Waals surface area contributed by atoms with Crippen molar-refractivity contribution in [2.24, 2.45) is 0 Å². The summed E-state index contributed by atoms with van der Waals surface area (Å²) in [6, 6.07) is 11.6. The van der Waals surface area contributed by atoms with Crippen molar-refractivity contribution < 1.29 is 28.2 Å². The maximum atomic E-state index is 14.2. The van der Waals surface area contributed by atoms with E-state index in [-0.39, 0.29) is 25.6 Å². The summed E-state index contributed by atoms with van der Waals surface area (Å²) >= 11 is 1.17. The summed E-state index contributed by atoms with van der Waals surface area (Å²) in [7, 11) is 1.49. The SMILES string of the molecule is COCc1c(C(=O)OCCOc2ccccc2C(C)=O)sc2cccc(F)c12. The Hall–Kier alpha value is -2.77. The van der Waals surface area contributed by atoms with Crippen molar-refractivity contribution in [1.29, 1.82) is 0 Å². The highest BCUT2D eigenvalue weighted by molar-refractivity contribution is 7.21. The molecular formula is C21H19FO5S. The number of hydrogen-bond donors (Lipinski definition) is 0. The Kier molecular flexibility index (Phi) is 6.38. The second-order valence-electron chi connectivity index (χ2n) is 5.99. The van der Waals surface area contributed by atoms with E-state index in [4.69, 9.17) is 14.2 Å². The molecule has 0 aliphatic heterocycles. The quantitative estimate of drug-likeness (QED) is 0.312. The third-order valence-corrected chi connectivity index (χ3v) is 5.26. The molecule has 0 saturated heterocycles. The first-order valence-corrected chi connectivity index (χ1v) is 9.43. The fourth-order valence-corrected chi connectivity index (χ4v) is 3.96. The molecule has 3 rings (SSSR count). The summed E-state index contributed by atoms with van der Waals surface area (Å²) in [6.07, 6.45) is 0. The Labute approximate surface area is 165 Å². The highest BCUT2D eigenvalue weighted by Crippen LogP contribution is 2.34. The Bertz CT molecular complexity index is 1010. The minimum absolute atomic E-state index is 0.00573. The Morgan fingerprint density at radius 3 is 2.61 bits per heavy atom. The van der Waals surface area contributed by atoms with Crippen LogP contribution < -0.4 is 4.74 Å². The first-order valence-electron chi connectivity index (χ1n) is 8.61. The zero-order valence-corrected chi connectivity index (χ0v) is 16.3. The predicted octanol–water partition coefficient (Wildman–Crippen LogP) is 4.63. The largest absolute Gasteiger partial charge is 0.489 e. The lowest BCUT2D eigenvalue weighted by Crippen LogP contribution is -2.13. The van der Waals surface area contributed by atoms with Gasteiger partial charge in [-0.05, 0) is 31.2 Å². The third-order valence-electron chi connectivity index (χ3n) is 4.08. The lowest BCUT2D eigenvalue weighted by molar-refractivity contribution is 0.0451. The molecule has 0 spiro atoms. The molecule has 1 aromatic heterocycles. The fraction of sp³-hybridized carbons (Fsp3) is 0.238. The van der Waals surface area contributed by atoms with Gasteiger partial charge < -0.3 is 14.2 Å². The van der Waals surface area contributed by atoms with Crippen LogP contribution >= 0.6 is 11.3 Å². The molecule has 0 bridgehead atoms. The molecule has 7 heteroatoms. The van der Waals surface area contributed by atoms with Gasteiger partial charge in [-0.2, -0.15) is 0 Å². The van der Waals surface area contributed by atoms with Crippen LogP contribution in [0.2, 0.25) is 0 Å². The summed E-state index contributed by atoms with van der Waals surface area (Å²) in [6.45, 7) is 1.65. The van der Waals surface area contributed by atoms with E-state index in [1.165, 1.54) is 31.4 Å². The summed E-state index contributed by atoms with van der Waals surface area (Å²) in [4.78, 5) is 24.4. The van der Waals surface area contributed by atoms with Crippen molar-refractivity contribution in [3.63, 3.8) is 0 Å². The van der Waals surface area contributed by atoms with Gasteiger partial charge >= 0.3 is 5.97 Å². The topological polar surface area (TPSA) is 61.8 Å². The number of benzene rings is 2. The van der Waals surface area contributed by atoms with Gasteiger partial charge in [-0.15, -0.1) is 11.3 Å². The maximum Gasteiger partial charge on any atom is 0.348 e. The molecule has 0 aliphatic carbocycles. The summed E-state index contributed by atoms with van der Waals surface area (Å²) in [5, 5.41) is 0.382. The van der Waals surface area contributed by atoms with E-state index in [0.29, 0.717) is 31.8 Å². The number of rotatable bonds is 8. The van der Waals surface area contributed by atoms with Crippen molar-refractivity contribution in [3.05, 3.63) is 64.3 Å². The number of ketones is 1. The number of Topliss-reactive ketones (excluding diaryl/α,β-unsaturated/α-hetero) is 1. The molecule has 0 aliphatic rings. The van der Waals surface area contributed by atoms with Crippen LogP contribution in [0.5, 0.6) is 5.75 Å². The van der Waals surface area contributed by atoms with Crippen molar-refractivity contribution in [3.8, 4) is 5.75 Å². The van der Waals surface area contributed by atoms with Crippen molar-refractivity contribution in [2.45, 2.75) is 13.5 Å². The Morgan fingerprint density at radius 2 is 1.86 bits per heavy atom. The van der Waals surface area contributed by atoms with Crippen LogP contribution in [0.25, 0.3) is 10.1 Å². The van der Waals surface area contributed by atoms with E-state index >= 15 is 0 Å². The number of carbonyl (C=O) groups excluding carboxylic acids is 2. The standard InChI is InChI=1S/C21H19FO5S/c1-13(23)14-6-3-4-8-17(14)26-10-11-27-21(24)20-15(12-25-2)19-16(22)7-5-9-18(19)28-20/h3-9H,10-12H2,1-2H3. The van der Waals surface area contributed by atoms with Gasteiger partial charge in [0.15, 0.2) is 5.78 Å². The molecule has 0 fully saturated rings. The number of fused-ring (bicyclic) bond motifs is 1. The van der Waals surface area contributed by atoms with Crippen LogP contribution in [-0.4, -0.2) is 32.1 Å². The fourth-order valence-electron chi connectivity index (χ4n) is 2.85. The minimum Gasteiger partial charge on any atom is -0.489 e. The van der Waals surface area contributed by atoms with Gasteiger partial charge in [-0.1, -0.05) is 18.2 Å². The smallest absolute Gasteiger partial charge is 0.348 e. The van der Waals surface area contributed by atoms with Gasteiger partial charge in [0.25, 0.3) is 0 Å². The molecule has 1 heterocycles. The molecular weight excluding hydrogens is 383 g/mol. The van der Waals surface area contributed by atoms with E-state index in [9.17, 15) is 14.0 Å². The predicted molar refractivity (Wildman–Crippen MR) is 105 cm³/mol. The number of halogens is 1. The summed E-state index contributed by atoms with van der Waals surface area (Å²) < 4.78 is 30.8. The molecule has 0 atom stereocenters. The number of ether oxygens (including phenoxy) is 3. The number of esters is 1. The van der Waals surface area contributed by atoms with Gasteiger partial charge in [0, 0.05) is 22.8 Å². The van der Waals surface area contributed by atoms with Gasteiger partial charge in [0.05, 0.1) is 12.2 Å². The van der Waals surface area contributed by atoms with E-state index in [0.717, 1.165) is 0 Å². The highest BCUT2D eigenvalue weighted by Gasteiger charge is 2.21. The van der Waals surface area contributed by atoms with E-state index in [1.807, 2.05) is 0 Å². The molecule has 2 aromatic carbocycles. The monoisotopic (exact) mass is 402 g/mol. The van der Waals surface area contributed by atoms with Gasteiger partial charge in [-0.25, -0.2) is 9.18 Å². The lowest BCUT2D eigenvalue weighted by atomic mass is 10.1. The molecule has 3 aromatic rings. The lowest BCUT2D eigenvalue weighted by Gasteiger charge is -2.10. The molecule has 0 N–H and O–H groups in total. The van der Waals surface area contributed by atoms with Crippen LogP contribution in [0.15, 0.2) is 42.5 Å². The van der Waals surface area contributed by atoms with Crippen LogP contribution in [0, 0.1) is 5.82 Å². The molecule has 0 amide bonds. The molecule has 28 heavy (non-hydrogen) atoms. The van der Waals surface area contributed by atoms with Gasteiger partial charge in [0.2, 0.25) is 0 Å². The highest BCUT2D eigenvalue weighted by atomic mass is 32.1. The number of thiophene rings is 1. The normalized spacial score (nSPS) is 10.8. The first kappa shape index (κ1) is 20.0. The van der Waals surface area contributed by atoms with Crippen LogP contribution in [0.3, 0.4) is 0 Å². The van der Waals surface area contributed by atoms with E-state index in [2.05, 4.69) is 0 Å². The second-order valence-corrected chi connectivity index (χ2v) is 7.04. The van der Waals surface area contributed by atoms with E-state index in [1.54, 1.807) is 36.4 Å². The summed E-state index contributed by atoms with van der Waals surface area (Å²) in [5.74, 6) is -0.626. The van der Waals surface area contributed by atoms with Crippen molar-refractivity contribution >= 4 is 33.2 Å². The van der Waals surface area contributed by atoms with Gasteiger partial charge in [-0.3, -0.25) is 4.79 Å². The Balaban J connectivity index is 1.68. The summed E-state index contributed by atoms with van der Waals surface area (Å²) in [5.41, 5.74) is 0.949. The van der Waals surface area contributed by atoms with E-state index < -0.39 is 11.8 Å². The van der Waals surface area contributed by atoms with Crippen molar-refractivity contribution in [2.75, 3.05) is 20.3 Å². The minimum atomic E-state index is -0.559. The number of hydrogen-bond acceptors (Lipinski definition) is 6. The van der Waals surface area contributed by atoms with Crippen molar-refractivity contribution in [1.82, 2.24) is 0 Å². The third kappa shape index (κ3) is 4.21. The molecule has 0 unspecified atom stereocenters. The number of para-hydroxylation sites is 1. The first-order chi connectivity index (χ1) is 13.5. The molecule has 0 saturated carbocycles. The van der Waals surface area contributed by atoms with Crippen LogP contribution in [0.4, 0.5) is 4.39 Å². The average molecular weight is 402 g/mol. The van der Waals surface area contributed by atoms with Crippen LogP contribution in [-0.2, 0) is 16.1 Å². The second kappa shape index (κ2) is 8.95. The average Bonchev–Trinajstić information content (AvgIpc) is 3.05. The number of carbonyl (C=O) groups is 2. The zero-order chi connectivity index (χ0) is 20.1. The molecule has 5 nitrogen and oxygen atoms in total. The molecule has 0 radical (unpaired) electrons. The number of methoxy groups -OCH3 is 1.